The third-order valence-electron chi connectivity index (χ3n) is 8.50. The van der Waals surface area contributed by atoms with Crippen molar-refractivity contribution < 1.29 is 9.53 Å². The SMILES string of the molecule is C=CC(=O)OC1(C2CCCC(C)C2C)C2CC3CC1CC(C)(C3)C2. The number of rotatable bonds is 3. The van der Waals surface area contributed by atoms with Gasteiger partial charge in [-0.3, -0.25) is 0 Å². The maximum atomic E-state index is 12.4. The van der Waals surface area contributed by atoms with E-state index in [0.29, 0.717) is 29.1 Å². The predicted molar refractivity (Wildman–Crippen MR) is 96.4 cm³/mol. The summed E-state index contributed by atoms with van der Waals surface area (Å²) in [6.45, 7) is 11.0. The zero-order valence-corrected chi connectivity index (χ0v) is 15.7. The molecule has 0 radical (unpaired) electrons. The first-order valence-corrected chi connectivity index (χ1v) is 10.2. The van der Waals surface area contributed by atoms with E-state index >= 15 is 0 Å². The number of hydrogen-bond acceptors (Lipinski definition) is 2. The largest absolute Gasteiger partial charge is 0.455 e. The van der Waals surface area contributed by atoms with Crippen LogP contribution >= 0.6 is 0 Å². The van der Waals surface area contributed by atoms with Gasteiger partial charge in [-0.1, -0.05) is 40.2 Å². The molecular formula is C22H34O2. The molecule has 134 valence electrons. The summed E-state index contributed by atoms with van der Waals surface area (Å²) < 4.78 is 6.41. The molecule has 0 saturated heterocycles. The van der Waals surface area contributed by atoms with Gasteiger partial charge in [0.05, 0.1) is 0 Å². The van der Waals surface area contributed by atoms with Gasteiger partial charge in [0.1, 0.15) is 5.60 Å². The first-order chi connectivity index (χ1) is 11.4. The molecule has 0 aromatic heterocycles. The lowest BCUT2D eigenvalue weighted by molar-refractivity contribution is -0.250. The van der Waals surface area contributed by atoms with Crippen molar-refractivity contribution in [2.45, 2.75) is 77.7 Å². The van der Waals surface area contributed by atoms with Gasteiger partial charge in [-0.25, -0.2) is 4.79 Å². The van der Waals surface area contributed by atoms with E-state index in [0.717, 1.165) is 11.8 Å². The molecule has 4 bridgehead atoms. The van der Waals surface area contributed by atoms with Crippen molar-refractivity contribution in [3.8, 4) is 0 Å². The standard InChI is InChI=1S/C22H34O2/c1-5-20(23)24-22(19-8-6-7-14(2)15(19)3)17-9-16-10-18(22)13-21(4,11-16)12-17/h5,14-19H,1,6-13H2,2-4H3. The van der Waals surface area contributed by atoms with E-state index in [1.54, 1.807) is 0 Å². The fourth-order valence-corrected chi connectivity index (χ4v) is 7.67. The van der Waals surface area contributed by atoms with Gasteiger partial charge < -0.3 is 4.74 Å². The molecule has 5 rings (SSSR count). The highest BCUT2D eigenvalue weighted by atomic mass is 16.6. The Balaban J connectivity index is 1.75. The Morgan fingerprint density at radius 2 is 1.79 bits per heavy atom. The average molecular weight is 331 g/mol. The Morgan fingerprint density at radius 3 is 2.38 bits per heavy atom. The molecule has 2 heteroatoms. The highest BCUT2D eigenvalue weighted by molar-refractivity contribution is 5.81. The van der Waals surface area contributed by atoms with E-state index in [-0.39, 0.29) is 11.6 Å². The lowest BCUT2D eigenvalue weighted by atomic mass is 9.41. The Labute approximate surface area is 147 Å². The lowest BCUT2D eigenvalue weighted by Gasteiger charge is -2.67. The minimum Gasteiger partial charge on any atom is -0.455 e. The minimum atomic E-state index is -0.199. The molecule has 5 aliphatic carbocycles. The summed E-state index contributed by atoms with van der Waals surface area (Å²) >= 11 is 0. The number of carbonyl (C=O) groups is 1. The molecule has 5 atom stereocenters. The van der Waals surface area contributed by atoms with Crippen LogP contribution in [0.2, 0.25) is 0 Å². The fourth-order valence-electron chi connectivity index (χ4n) is 7.67. The van der Waals surface area contributed by atoms with Crippen molar-refractivity contribution in [3.63, 3.8) is 0 Å². The number of ether oxygens (including phenoxy) is 1. The lowest BCUT2D eigenvalue weighted by Crippen LogP contribution is -2.66. The molecule has 24 heavy (non-hydrogen) atoms. The van der Waals surface area contributed by atoms with Gasteiger partial charge in [0.25, 0.3) is 0 Å². The molecule has 0 amide bonds. The summed E-state index contributed by atoms with van der Waals surface area (Å²) in [5.74, 6) is 3.80. The predicted octanol–water partition coefficient (Wildman–Crippen LogP) is 5.37. The van der Waals surface area contributed by atoms with Crippen LogP contribution in [-0.2, 0) is 9.53 Å². The molecule has 0 spiro atoms. The molecule has 0 aromatic rings. The Morgan fingerprint density at radius 1 is 1.12 bits per heavy atom. The maximum Gasteiger partial charge on any atom is 0.330 e. The molecule has 5 unspecified atom stereocenters. The Bertz CT molecular complexity index is 520. The summed E-state index contributed by atoms with van der Waals surface area (Å²) in [7, 11) is 0. The first kappa shape index (κ1) is 16.7. The van der Waals surface area contributed by atoms with Crippen molar-refractivity contribution in [3.05, 3.63) is 12.7 Å². The Hall–Kier alpha value is -0.790. The van der Waals surface area contributed by atoms with E-state index in [2.05, 4.69) is 27.4 Å². The molecule has 5 aliphatic rings. The van der Waals surface area contributed by atoms with Crippen LogP contribution in [0.15, 0.2) is 12.7 Å². The van der Waals surface area contributed by atoms with Gasteiger partial charge in [0.2, 0.25) is 0 Å². The molecular weight excluding hydrogens is 296 g/mol. The van der Waals surface area contributed by atoms with Gasteiger partial charge in [-0.15, -0.1) is 0 Å². The first-order valence-electron chi connectivity index (χ1n) is 10.2. The summed E-state index contributed by atoms with van der Waals surface area (Å²) in [4.78, 5) is 12.4. The van der Waals surface area contributed by atoms with E-state index in [9.17, 15) is 4.79 Å². The maximum absolute atomic E-state index is 12.4. The van der Waals surface area contributed by atoms with Crippen LogP contribution in [0.4, 0.5) is 0 Å². The Kier molecular flexibility index (Phi) is 3.89. The van der Waals surface area contributed by atoms with Gasteiger partial charge in [-0.2, -0.15) is 0 Å². The number of hydrogen-bond donors (Lipinski definition) is 0. The van der Waals surface area contributed by atoms with E-state index in [1.807, 2.05) is 0 Å². The molecule has 5 fully saturated rings. The smallest absolute Gasteiger partial charge is 0.330 e. The molecule has 0 aromatic carbocycles. The third-order valence-corrected chi connectivity index (χ3v) is 8.50. The van der Waals surface area contributed by atoms with E-state index in [4.69, 9.17) is 4.74 Å². The zero-order valence-electron chi connectivity index (χ0n) is 15.7. The summed E-state index contributed by atoms with van der Waals surface area (Å²) in [5.41, 5.74) is 0.305. The molecule has 0 N–H and O–H groups in total. The van der Waals surface area contributed by atoms with Gasteiger partial charge in [0.15, 0.2) is 0 Å². The van der Waals surface area contributed by atoms with Crippen LogP contribution in [0.3, 0.4) is 0 Å². The third kappa shape index (κ3) is 2.31. The highest BCUT2D eigenvalue weighted by Gasteiger charge is 2.66. The van der Waals surface area contributed by atoms with Crippen LogP contribution in [0.5, 0.6) is 0 Å². The van der Waals surface area contributed by atoms with Gasteiger partial charge in [-0.05, 0) is 61.7 Å². The van der Waals surface area contributed by atoms with Crippen LogP contribution in [0.1, 0.15) is 72.1 Å². The zero-order chi connectivity index (χ0) is 17.1. The fraction of sp³-hybridized carbons (Fsp3) is 0.864. The molecule has 0 aliphatic heterocycles. The van der Waals surface area contributed by atoms with Crippen molar-refractivity contribution in [2.75, 3.05) is 0 Å². The van der Waals surface area contributed by atoms with Crippen LogP contribution in [0, 0.1) is 40.9 Å². The van der Waals surface area contributed by atoms with E-state index in [1.165, 1.54) is 57.4 Å². The summed E-state index contributed by atoms with van der Waals surface area (Å²) in [6, 6.07) is 0. The highest BCUT2D eigenvalue weighted by Crippen LogP contribution is 2.68. The average Bonchev–Trinajstić information content (AvgIpc) is 2.52. The summed E-state index contributed by atoms with van der Waals surface area (Å²) in [5, 5.41) is 0. The monoisotopic (exact) mass is 330 g/mol. The van der Waals surface area contributed by atoms with Crippen LogP contribution < -0.4 is 0 Å². The van der Waals surface area contributed by atoms with E-state index < -0.39 is 0 Å². The van der Waals surface area contributed by atoms with Crippen molar-refractivity contribution >= 4 is 5.97 Å². The van der Waals surface area contributed by atoms with Gasteiger partial charge in [0, 0.05) is 23.8 Å². The molecule has 0 heterocycles. The van der Waals surface area contributed by atoms with Crippen LogP contribution in [0.25, 0.3) is 0 Å². The molecule has 5 saturated carbocycles. The van der Waals surface area contributed by atoms with Crippen molar-refractivity contribution in [2.24, 2.45) is 40.9 Å². The second-order valence-electron chi connectivity index (χ2n) is 10.0. The van der Waals surface area contributed by atoms with Crippen LogP contribution in [-0.4, -0.2) is 11.6 Å². The molecule has 2 nitrogen and oxygen atoms in total. The topological polar surface area (TPSA) is 26.3 Å². The van der Waals surface area contributed by atoms with Gasteiger partial charge >= 0.3 is 5.97 Å². The minimum absolute atomic E-state index is 0.182. The number of carbonyl (C=O) groups excluding carboxylic acids is 1. The second kappa shape index (κ2) is 5.61. The quantitative estimate of drug-likeness (QED) is 0.513. The number of esters is 1. The second-order valence-corrected chi connectivity index (χ2v) is 10.0. The summed E-state index contributed by atoms with van der Waals surface area (Å²) in [6.07, 6.45) is 11.8. The normalized spacial score (nSPS) is 53.0. The van der Waals surface area contributed by atoms with Crippen molar-refractivity contribution in [1.29, 1.82) is 0 Å². The van der Waals surface area contributed by atoms with Crippen molar-refractivity contribution in [1.82, 2.24) is 0 Å².